The van der Waals surface area contributed by atoms with Crippen LogP contribution >= 0.6 is 0 Å². The van der Waals surface area contributed by atoms with E-state index in [2.05, 4.69) is 0 Å². The van der Waals surface area contributed by atoms with E-state index in [0.29, 0.717) is 12.8 Å². The summed E-state index contributed by atoms with van der Waals surface area (Å²) in [7, 11) is 0. The number of carbonyl (C=O) groups excluding carboxylic acids is 3. The summed E-state index contributed by atoms with van der Waals surface area (Å²) in [5.41, 5.74) is -0.419. The van der Waals surface area contributed by atoms with Gasteiger partial charge < -0.3 is 14.3 Å². The molecule has 0 bridgehead atoms. The van der Waals surface area contributed by atoms with Gasteiger partial charge in [-0.15, -0.1) is 0 Å². The molecule has 1 saturated heterocycles. The van der Waals surface area contributed by atoms with Gasteiger partial charge in [0.2, 0.25) is 0 Å². The average molecular weight is 345 g/mol. The number of piperidine rings is 1. The van der Waals surface area contributed by atoms with E-state index in [1.54, 1.807) is 20.8 Å². The van der Waals surface area contributed by atoms with Crippen LogP contribution < -0.4 is 0 Å². The Morgan fingerprint density at radius 2 is 1.92 bits per heavy atom. The highest BCUT2D eigenvalue weighted by molar-refractivity contribution is 5.86. The molecule has 0 aromatic heterocycles. The van der Waals surface area contributed by atoms with Crippen molar-refractivity contribution in [3.8, 4) is 0 Å². The molecule has 1 aliphatic carbocycles. The van der Waals surface area contributed by atoms with E-state index in [0.717, 1.165) is 11.8 Å². The number of likely N-dealkylation sites (tertiary alicyclic amines) is 1. The molecule has 3 atom stereocenters. The van der Waals surface area contributed by atoms with E-state index in [-0.39, 0.29) is 12.6 Å². The van der Waals surface area contributed by atoms with E-state index >= 15 is 0 Å². The first-order valence-electron chi connectivity index (χ1n) is 8.44. The summed E-state index contributed by atoms with van der Waals surface area (Å²) >= 11 is 0. The number of ether oxygens (including phenoxy) is 2. The highest BCUT2D eigenvalue weighted by Crippen LogP contribution is 2.58. The van der Waals surface area contributed by atoms with Crippen LogP contribution in [0.25, 0.3) is 0 Å². The first-order chi connectivity index (χ1) is 11.8. The van der Waals surface area contributed by atoms with Crippen LogP contribution in [0.5, 0.6) is 0 Å². The van der Waals surface area contributed by atoms with Crippen LogP contribution in [0.3, 0.4) is 0 Å². The zero-order chi connectivity index (χ0) is 18.2. The lowest BCUT2D eigenvalue weighted by atomic mass is 10.0. The number of aldehydes is 1. The molecule has 2 aliphatic rings. The zero-order valence-corrected chi connectivity index (χ0v) is 14.7. The van der Waals surface area contributed by atoms with Gasteiger partial charge in [-0.25, -0.2) is 9.59 Å². The Morgan fingerprint density at radius 1 is 1.24 bits per heavy atom. The molecule has 0 radical (unpaired) electrons. The third kappa shape index (κ3) is 3.52. The summed E-state index contributed by atoms with van der Waals surface area (Å²) in [5.74, 6) is -0.497. The van der Waals surface area contributed by atoms with Crippen molar-refractivity contribution >= 4 is 18.3 Å². The molecule has 1 aromatic carbocycles. The van der Waals surface area contributed by atoms with Crippen molar-refractivity contribution < 1.29 is 23.9 Å². The van der Waals surface area contributed by atoms with Gasteiger partial charge in [-0.3, -0.25) is 4.90 Å². The normalized spacial score (nSPS) is 27.4. The fourth-order valence-corrected chi connectivity index (χ4v) is 3.34. The van der Waals surface area contributed by atoms with Crippen molar-refractivity contribution in [2.45, 2.75) is 57.9 Å². The molecule has 134 valence electrons. The monoisotopic (exact) mass is 345 g/mol. The molecule has 3 rings (SSSR count). The second-order valence-corrected chi connectivity index (χ2v) is 7.77. The van der Waals surface area contributed by atoms with Crippen LogP contribution in [0.1, 0.15) is 39.2 Å². The molecule has 2 fully saturated rings. The van der Waals surface area contributed by atoms with Gasteiger partial charge in [-0.1, -0.05) is 30.3 Å². The van der Waals surface area contributed by atoms with E-state index in [1.165, 1.54) is 4.90 Å². The van der Waals surface area contributed by atoms with Gasteiger partial charge >= 0.3 is 12.1 Å². The lowest BCUT2D eigenvalue weighted by Crippen LogP contribution is -2.46. The molecule has 0 unspecified atom stereocenters. The van der Waals surface area contributed by atoms with Gasteiger partial charge in [0.25, 0.3) is 0 Å². The molecule has 1 amide bonds. The number of hydrogen-bond donors (Lipinski definition) is 0. The quantitative estimate of drug-likeness (QED) is 0.620. The Balaban J connectivity index is 1.70. The molecule has 25 heavy (non-hydrogen) atoms. The van der Waals surface area contributed by atoms with Crippen molar-refractivity contribution in [1.29, 1.82) is 0 Å². The maximum Gasteiger partial charge on any atom is 0.411 e. The summed E-state index contributed by atoms with van der Waals surface area (Å²) < 4.78 is 10.8. The predicted octanol–water partition coefficient (Wildman–Crippen LogP) is 2.70. The Kier molecular flexibility index (Phi) is 4.31. The summed E-state index contributed by atoms with van der Waals surface area (Å²) in [4.78, 5) is 37.9. The van der Waals surface area contributed by atoms with Gasteiger partial charge in [-0.2, -0.15) is 0 Å². The summed E-state index contributed by atoms with van der Waals surface area (Å²) in [6, 6.07) is 8.28. The van der Waals surface area contributed by atoms with Crippen LogP contribution in [-0.2, 0) is 25.7 Å². The molecule has 1 aliphatic heterocycles. The van der Waals surface area contributed by atoms with Crippen molar-refractivity contribution in [3.63, 3.8) is 0 Å². The second kappa shape index (κ2) is 6.17. The van der Waals surface area contributed by atoms with Gasteiger partial charge in [0, 0.05) is 6.04 Å². The summed E-state index contributed by atoms with van der Waals surface area (Å²) in [6.45, 7) is 5.44. The van der Waals surface area contributed by atoms with Crippen LogP contribution in [0, 0.1) is 5.41 Å². The van der Waals surface area contributed by atoms with E-state index in [1.807, 2.05) is 30.3 Å². The Morgan fingerprint density at radius 3 is 2.52 bits per heavy atom. The number of fused-ring (bicyclic) bond motifs is 1. The molecule has 1 heterocycles. The minimum absolute atomic E-state index is 0.136. The molecular formula is C19H23NO5. The zero-order valence-electron chi connectivity index (χ0n) is 14.7. The number of hydrogen-bond acceptors (Lipinski definition) is 5. The molecule has 0 N–H and O–H groups in total. The van der Waals surface area contributed by atoms with Crippen molar-refractivity contribution in [3.05, 3.63) is 35.9 Å². The predicted molar refractivity (Wildman–Crippen MR) is 89.6 cm³/mol. The molecule has 1 saturated carbocycles. The van der Waals surface area contributed by atoms with Crippen LogP contribution in [0.15, 0.2) is 30.3 Å². The highest BCUT2D eigenvalue weighted by Gasteiger charge is 2.68. The van der Waals surface area contributed by atoms with E-state index < -0.39 is 29.1 Å². The number of rotatable bonds is 4. The van der Waals surface area contributed by atoms with Crippen molar-refractivity contribution in [1.82, 2.24) is 4.90 Å². The number of carbonyl (C=O) groups is 3. The first kappa shape index (κ1) is 17.5. The Bertz CT molecular complexity index is 681. The van der Waals surface area contributed by atoms with Gasteiger partial charge in [0.05, 0.1) is 5.41 Å². The molecule has 6 heteroatoms. The highest BCUT2D eigenvalue weighted by atomic mass is 16.6. The molecule has 6 nitrogen and oxygen atoms in total. The third-order valence-electron chi connectivity index (χ3n) is 4.66. The fourth-order valence-electron chi connectivity index (χ4n) is 3.34. The second-order valence-electron chi connectivity index (χ2n) is 7.77. The Labute approximate surface area is 147 Å². The van der Waals surface area contributed by atoms with Gasteiger partial charge in [-0.05, 0) is 39.2 Å². The smallest absolute Gasteiger partial charge is 0.411 e. The van der Waals surface area contributed by atoms with Crippen LogP contribution in [-0.4, -0.2) is 40.9 Å². The van der Waals surface area contributed by atoms with Crippen molar-refractivity contribution in [2.75, 3.05) is 0 Å². The first-order valence-corrected chi connectivity index (χ1v) is 8.44. The molecule has 1 aromatic rings. The Hall–Kier alpha value is -2.37. The number of esters is 1. The molecule has 0 spiro atoms. The largest absolute Gasteiger partial charge is 0.459 e. The summed E-state index contributed by atoms with van der Waals surface area (Å²) in [5, 5.41) is 0. The van der Waals surface area contributed by atoms with E-state index in [4.69, 9.17) is 9.47 Å². The average Bonchev–Trinajstić information content (AvgIpc) is 3.16. The molecular weight excluding hydrogens is 322 g/mol. The third-order valence-corrected chi connectivity index (χ3v) is 4.66. The number of amides is 1. The van der Waals surface area contributed by atoms with Crippen LogP contribution in [0.4, 0.5) is 4.79 Å². The SMILES string of the molecule is CC(C)(C)OC(=O)N1[C@H](C(=O)OCc2ccccc2)C[C@@]2(C=O)C[C@@H]12. The number of nitrogens with zero attached hydrogens (tertiary/aromatic N) is 1. The van der Waals surface area contributed by atoms with E-state index in [9.17, 15) is 14.4 Å². The summed E-state index contributed by atoms with van der Waals surface area (Å²) in [6.07, 6.45) is 1.17. The topological polar surface area (TPSA) is 72.9 Å². The maximum atomic E-state index is 12.5. The minimum Gasteiger partial charge on any atom is -0.459 e. The number of benzene rings is 1. The standard InChI is InChI=1S/C19H23NO5/c1-18(2,3)25-17(23)20-14(9-19(12-21)10-15(19)20)16(22)24-11-13-7-5-4-6-8-13/h4-8,12,14-15H,9-11H2,1-3H3/t14-,15+,19-/m0/s1. The minimum atomic E-state index is -0.775. The lowest BCUT2D eigenvalue weighted by molar-refractivity contribution is -0.150. The van der Waals surface area contributed by atoms with Crippen LogP contribution in [0.2, 0.25) is 0 Å². The van der Waals surface area contributed by atoms with Gasteiger partial charge in [0.15, 0.2) is 0 Å². The maximum absolute atomic E-state index is 12.5. The van der Waals surface area contributed by atoms with Crippen molar-refractivity contribution in [2.24, 2.45) is 5.41 Å². The lowest BCUT2D eigenvalue weighted by Gasteiger charge is -2.29. The fraction of sp³-hybridized carbons (Fsp3) is 0.526. The van der Waals surface area contributed by atoms with Gasteiger partial charge in [0.1, 0.15) is 24.5 Å².